The number of hydrogen-bond acceptors (Lipinski definition) is 3. The lowest BCUT2D eigenvalue weighted by atomic mass is 9.80. The lowest BCUT2D eigenvalue weighted by Crippen LogP contribution is -2.47. The summed E-state index contributed by atoms with van der Waals surface area (Å²) in [5.74, 6) is 0.615. The summed E-state index contributed by atoms with van der Waals surface area (Å²) in [6, 6.07) is 7.31. The quantitative estimate of drug-likeness (QED) is 0.876. The Morgan fingerprint density at radius 2 is 2.05 bits per heavy atom. The number of ether oxygens (including phenoxy) is 1. The monoisotopic (exact) mass is 289 g/mol. The van der Waals surface area contributed by atoms with Gasteiger partial charge in [-0.1, -0.05) is 6.07 Å². The second-order valence-corrected chi connectivity index (χ2v) is 6.31. The first kappa shape index (κ1) is 14.4. The maximum Gasteiger partial charge on any atom is 0.251 e. The number of rotatable bonds is 5. The van der Waals surface area contributed by atoms with Gasteiger partial charge in [0.15, 0.2) is 0 Å². The first-order valence-electron chi connectivity index (χ1n) is 7.92. The van der Waals surface area contributed by atoms with Gasteiger partial charge in [-0.3, -0.25) is 4.79 Å². The SMILES string of the molecule is O=C(NCC1(O)CCC1)c1cccc(OC2CCCC2)c1. The van der Waals surface area contributed by atoms with Crippen LogP contribution in [0.2, 0.25) is 0 Å². The lowest BCUT2D eigenvalue weighted by molar-refractivity contribution is -0.0300. The van der Waals surface area contributed by atoms with Gasteiger partial charge in [-0.05, 0) is 63.1 Å². The van der Waals surface area contributed by atoms with Crippen molar-refractivity contribution in [2.45, 2.75) is 56.7 Å². The molecule has 4 heteroatoms. The van der Waals surface area contributed by atoms with Crippen LogP contribution in [0.5, 0.6) is 5.75 Å². The molecule has 0 saturated heterocycles. The Kier molecular flexibility index (Phi) is 4.15. The fraction of sp³-hybridized carbons (Fsp3) is 0.588. The molecule has 21 heavy (non-hydrogen) atoms. The highest BCUT2D eigenvalue weighted by Gasteiger charge is 2.34. The van der Waals surface area contributed by atoms with E-state index in [1.807, 2.05) is 12.1 Å². The highest BCUT2D eigenvalue weighted by molar-refractivity contribution is 5.94. The summed E-state index contributed by atoms with van der Waals surface area (Å²) in [5, 5.41) is 12.8. The zero-order valence-electron chi connectivity index (χ0n) is 12.3. The zero-order chi connectivity index (χ0) is 14.7. The van der Waals surface area contributed by atoms with Crippen LogP contribution in [0.15, 0.2) is 24.3 Å². The van der Waals surface area contributed by atoms with Gasteiger partial charge < -0.3 is 15.2 Å². The van der Waals surface area contributed by atoms with E-state index in [1.165, 1.54) is 12.8 Å². The zero-order valence-corrected chi connectivity index (χ0v) is 12.3. The molecule has 3 rings (SSSR count). The Hall–Kier alpha value is -1.55. The van der Waals surface area contributed by atoms with Crippen LogP contribution in [0.3, 0.4) is 0 Å². The largest absolute Gasteiger partial charge is 0.490 e. The van der Waals surface area contributed by atoms with Crippen molar-refractivity contribution in [3.05, 3.63) is 29.8 Å². The molecule has 0 radical (unpaired) electrons. The van der Waals surface area contributed by atoms with Gasteiger partial charge >= 0.3 is 0 Å². The molecular weight excluding hydrogens is 266 g/mol. The minimum atomic E-state index is -0.687. The Morgan fingerprint density at radius 1 is 1.29 bits per heavy atom. The van der Waals surface area contributed by atoms with Gasteiger partial charge in [0.05, 0.1) is 11.7 Å². The number of carbonyl (C=O) groups is 1. The van der Waals surface area contributed by atoms with Gasteiger partial charge in [0.2, 0.25) is 0 Å². The molecule has 2 aliphatic carbocycles. The van der Waals surface area contributed by atoms with Crippen LogP contribution in [0.4, 0.5) is 0 Å². The molecule has 4 nitrogen and oxygen atoms in total. The summed E-state index contributed by atoms with van der Waals surface area (Å²) in [6.45, 7) is 0.333. The van der Waals surface area contributed by atoms with E-state index in [9.17, 15) is 9.90 Å². The van der Waals surface area contributed by atoms with Crippen LogP contribution in [0, 0.1) is 0 Å². The molecule has 1 aromatic rings. The maximum atomic E-state index is 12.1. The van der Waals surface area contributed by atoms with Crippen LogP contribution >= 0.6 is 0 Å². The highest BCUT2D eigenvalue weighted by atomic mass is 16.5. The molecule has 2 aliphatic rings. The van der Waals surface area contributed by atoms with Gasteiger partial charge in [0.25, 0.3) is 5.91 Å². The summed E-state index contributed by atoms with van der Waals surface area (Å²) < 4.78 is 5.91. The van der Waals surface area contributed by atoms with Crippen molar-refractivity contribution in [1.29, 1.82) is 0 Å². The van der Waals surface area contributed by atoms with Crippen LogP contribution in [-0.2, 0) is 0 Å². The molecular formula is C17H23NO3. The molecule has 1 amide bonds. The predicted octanol–water partition coefficient (Wildman–Crippen LogP) is 2.65. The van der Waals surface area contributed by atoms with E-state index in [0.29, 0.717) is 18.2 Å². The number of hydrogen-bond donors (Lipinski definition) is 2. The standard InChI is InChI=1S/C17H23NO3/c19-16(18-12-17(20)9-4-10-17)13-5-3-8-15(11-13)21-14-6-1-2-7-14/h3,5,8,11,14,20H,1-2,4,6-7,9-10,12H2,(H,18,19). The van der Waals surface area contributed by atoms with Crippen molar-refractivity contribution in [1.82, 2.24) is 5.32 Å². The fourth-order valence-corrected chi connectivity index (χ4v) is 3.02. The third-order valence-electron chi connectivity index (χ3n) is 4.56. The van der Waals surface area contributed by atoms with Crippen LogP contribution < -0.4 is 10.1 Å². The number of aliphatic hydroxyl groups is 1. The number of benzene rings is 1. The molecule has 0 aromatic heterocycles. The molecule has 0 atom stereocenters. The highest BCUT2D eigenvalue weighted by Crippen LogP contribution is 2.30. The first-order chi connectivity index (χ1) is 10.1. The minimum Gasteiger partial charge on any atom is -0.490 e. The Labute approximate surface area is 125 Å². The molecule has 0 aliphatic heterocycles. The van der Waals surface area contributed by atoms with E-state index in [2.05, 4.69) is 5.32 Å². The van der Waals surface area contributed by atoms with Crippen molar-refractivity contribution >= 4 is 5.91 Å². The van der Waals surface area contributed by atoms with Crippen molar-refractivity contribution in [2.24, 2.45) is 0 Å². The summed E-state index contributed by atoms with van der Waals surface area (Å²) in [4.78, 5) is 12.1. The Balaban J connectivity index is 1.57. The molecule has 0 heterocycles. The first-order valence-corrected chi connectivity index (χ1v) is 7.92. The molecule has 0 unspecified atom stereocenters. The number of nitrogens with one attached hydrogen (secondary N) is 1. The molecule has 2 fully saturated rings. The fourth-order valence-electron chi connectivity index (χ4n) is 3.02. The van der Waals surface area contributed by atoms with E-state index in [1.54, 1.807) is 12.1 Å². The van der Waals surface area contributed by atoms with Gasteiger partial charge in [-0.15, -0.1) is 0 Å². The third kappa shape index (κ3) is 3.56. The topological polar surface area (TPSA) is 58.6 Å². The van der Waals surface area contributed by atoms with Gasteiger partial charge in [-0.2, -0.15) is 0 Å². The summed E-state index contributed by atoms with van der Waals surface area (Å²) in [7, 11) is 0. The van der Waals surface area contributed by atoms with Crippen molar-refractivity contribution in [2.75, 3.05) is 6.54 Å². The van der Waals surface area contributed by atoms with E-state index >= 15 is 0 Å². The number of amides is 1. The van der Waals surface area contributed by atoms with E-state index in [4.69, 9.17) is 4.74 Å². The molecule has 2 N–H and O–H groups in total. The van der Waals surface area contributed by atoms with E-state index in [0.717, 1.165) is 37.9 Å². The molecule has 114 valence electrons. The van der Waals surface area contributed by atoms with Crippen molar-refractivity contribution in [3.8, 4) is 5.75 Å². The smallest absolute Gasteiger partial charge is 0.251 e. The van der Waals surface area contributed by atoms with Crippen molar-refractivity contribution < 1.29 is 14.6 Å². The average Bonchev–Trinajstić information content (AvgIpc) is 2.96. The Morgan fingerprint density at radius 3 is 2.71 bits per heavy atom. The number of carbonyl (C=O) groups excluding carboxylic acids is 1. The molecule has 1 aromatic carbocycles. The van der Waals surface area contributed by atoms with Gasteiger partial charge in [0.1, 0.15) is 5.75 Å². The van der Waals surface area contributed by atoms with Crippen LogP contribution in [-0.4, -0.2) is 29.3 Å². The third-order valence-corrected chi connectivity index (χ3v) is 4.56. The van der Waals surface area contributed by atoms with Crippen LogP contribution in [0.25, 0.3) is 0 Å². The van der Waals surface area contributed by atoms with E-state index in [-0.39, 0.29) is 5.91 Å². The van der Waals surface area contributed by atoms with Crippen molar-refractivity contribution in [3.63, 3.8) is 0 Å². The predicted molar refractivity (Wildman–Crippen MR) is 80.5 cm³/mol. The average molecular weight is 289 g/mol. The molecule has 0 spiro atoms. The molecule has 0 bridgehead atoms. The van der Waals surface area contributed by atoms with Crippen LogP contribution in [0.1, 0.15) is 55.3 Å². The lowest BCUT2D eigenvalue weighted by Gasteiger charge is -2.36. The minimum absolute atomic E-state index is 0.146. The summed E-state index contributed by atoms with van der Waals surface area (Å²) >= 11 is 0. The summed E-state index contributed by atoms with van der Waals surface area (Å²) in [5.41, 5.74) is -0.0958. The second kappa shape index (κ2) is 6.06. The second-order valence-electron chi connectivity index (χ2n) is 6.31. The maximum absolute atomic E-state index is 12.1. The van der Waals surface area contributed by atoms with E-state index < -0.39 is 5.60 Å². The summed E-state index contributed by atoms with van der Waals surface area (Å²) in [6.07, 6.45) is 7.53. The molecule has 2 saturated carbocycles. The van der Waals surface area contributed by atoms with Gasteiger partial charge in [-0.25, -0.2) is 0 Å². The normalized spacial score (nSPS) is 20.8. The van der Waals surface area contributed by atoms with Gasteiger partial charge in [0, 0.05) is 12.1 Å². The Bertz CT molecular complexity index is 505.